The third kappa shape index (κ3) is 3.05. The van der Waals surface area contributed by atoms with E-state index in [1.54, 1.807) is 6.07 Å². The van der Waals surface area contributed by atoms with Crippen molar-refractivity contribution in [3.63, 3.8) is 0 Å². The second-order valence-electron chi connectivity index (χ2n) is 4.06. The molecule has 1 aromatic carbocycles. The van der Waals surface area contributed by atoms with Crippen LogP contribution in [0.15, 0.2) is 41.2 Å². The minimum Gasteiger partial charge on any atom is -0.310 e. The van der Waals surface area contributed by atoms with Crippen molar-refractivity contribution in [1.29, 1.82) is 0 Å². The van der Waals surface area contributed by atoms with E-state index < -0.39 is 0 Å². The number of hydrogen-bond acceptors (Lipinski definition) is 3. The van der Waals surface area contributed by atoms with Gasteiger partial charge >= 0.3 is 0 Å². The van der Waals surface area contributed by atoms with Gasteiger partial charge in [-0.1, -0.05) is 24.3 Å². The van der Waals surface area contributed by atoms with Gasteiger partial charge in [0.15, 0.2) is 0 Å². The van der Waals surface area contributed by atoms with Crippen LogP contribution in [0.1, 0.15) is 19.2 Å². The molecule has 18 heavy (non-hydrogen) atoms. The minimum atomic E-state index is -0.0779. The number of aromatic amines is 1. The van der Waals surface area contributed by atoms with E-state index in [4.69, 9.17) is 0 Å². The molecule has 0 spiro atoms. The number of H-pyrrole nitrogens is 1. The molecule has 0 unspecified atom stereocenters. The Morgan fingerprint density at radius 3 is 3.06 bits per heavy atom. The Kier molecular flexibility index (Phi) is 4.25. The van der Waals surface area contributed by atoms with Gasteiger partial charge in [-0.2, -0.15) is 0 Å². The van der Waals surface area contributed by atoms with E-state index in [1.807, 2.05) is 31.2 Å². The highest BCUT2D eigenvalue weighted by molar-refractivity contribution is 5.77. The quantitative estimate of drug-likeness (QED) is 0.623. The lowest BCUT2D eigenvalue weighted by Gasteiger charge is -2.04. The third-order valence-corrected chi connectivity index (χ3v) is 2.68. The Labute approximate surface area is 106 Å². The molecular weight excluding hydrogens is 226 g/mol. The van der Waals surface area contributed by atoms with Crippen molar-refractivity contribution in [3.05, 3.63) is 52.6 Å². The molecule has 0 amide bonds. The van der Waals surface area contributed by atoms with E-state index in [1.165, 1.54) is 0 Å². The number of nitrogens with zero attached hydrogens (tertiary/aromatic N) is 1. The predicted molar refractivity (Wildman–Crippen MR) is 73.5 cm³/mol. The Morgan fingerprint density at radius 2 is 2.22 bits per heavy atom. The molecule has 0 fully saturated rings. The summed E-state index contributed by atoms with van der Waals surface area (Å²) >= 11 is 0. The molecule has 94 valence electrons. The summed E-state index contributed by atoms with van der Waals surface area (Å²) < 4.78 is 0. The van der Waals surface area contributed by atoms with E-state index >= 15 is 0 Å². The number of hydrogen-bond donors (Lipinski definition) is 2. The molecule has 1 aromatic heterocycles. The third-order valence-electron chi connectivity index (χ3n) is 2.68. The van der Waals surface area contributed by atoms with Gasteiger partial charge in [0.25, 0.3) is 5.56 Å². The van der Waals surface area contributed by atoms with Gasteiger partial charge in [-0.25, -0.2) is 4.98 Å². The maximum atomic E-state index is 11.8. The molecule has 0 aliphatic heterocycles. The number of aromatic nitrogens is 2. The first-order valence-electron chi connectivity index (χ1n) is 6.11. The summed E-state index contributed by atoms with van der Waals surface area (Å²) in [6.07, 6.45) is 5.11. The minimum absolute atomic E-state index is 0.0779. The Bertz CT molecular complexity index is 601. The lowest BCUT2D eigenvalue weighted by molar-refractivity contribution is 0.666. The maximum Gasteiger partial charge on any atom is 0.258 e. The first kappa shape index (κ1) is 12.5. The molecule has 0 saturated heterocycles. The first-order chi connectivity index (χ1) is 8.81. The van der Waals surface area contributed by atoms with Gasteiger partial charge in [-0.15, -0.1) is 0 Å². The number of benzene rings is 1. The monoisotopic (exact) mass is 243 g/mol. The van der Waals surface area contributed by atoms with Crippen LogP contribution in [0.5, 0.6) is 0 Å². The first-order valence-corrected chi connectivity index (χ1v) is 6.11. The molecular formula is C14H17N3O. The van der Waals surface area contributed by atoms with Crippen molar-refractivity contribution in [2.45, 2.75) is 19.9 Å². The highest BCUT2D eigenvalue weighted by Crippen LogP contribution is 2.05. The molecule has 4 nitrogen and oxygen atoms in total. The fourth-order valence-corrected chi connectivity index (χ4v) is 1.78. The molecule has 0 aliphatic carbocycles. The standard InChI is InChI=1S/C14H17N3O/c1-2-3-6-9-15-10-13-16-12-8-5-4-7-11(12)14(18)17-13/h2-5,7-8,15H,6,9-10H2,1H3,(H,16,17,18)/b3-2+. The second kappa shape index (κ2) is 6.12. The number of nitrogens with one attached hydrogen (secondary N) is 2. The molecule has 2 aromatic rings. The molecule has 4 heteroatoms. The normalized spacial score (nSPS) is 11.4. The summed E-state index contributed by atoms with van der Waals surface area (Å²) in [5.41, 5.74) is 0.664. The fourth-order valence-electron chi connectivity index (χ4n) is 1.78. The van der Waals surface area contributed by atoms with Crippen LogP contribution in [0.3, 0.4) is 0 Å². The molecule has 0 saturated carbocycles. The van der Waals surface area contributed by atoms with Crippen LogP contribution in [0.2, 0.25) is 0 Å². The second-order valence-corrected chi connectivity index (χ2v) is 4.06. The van der Waals surface area contributed by atoms with Gasteiger partial charge in [-0.3, -0.25) is 4.79 Å². The highest BCUT2D eigenvalue weighted by Gasteiger charge is 2.01. The molecule has 0 bridgehead atoms. The lowest BCUT2D eigenvalue weighted by atomic mass is 10.2. The zero-order chi connectivity index (χ0) is 12.8. The molecule has 0 aliphatic rings. The van der Waals surface area contributed by atoms with Crippen LogP contribution in [0, 0.1) is 0 Å². The van der Waals surface area contributed by atoms with Gasteiger partial charge in [0.2, 0.25) is 0 Å². The number of rotatable bonds is 5. The van der Waals surface area contributed by atoms with Crippen molar-refractivity contribution in [3.8, 4) is 0 Å². The van der Waals surface area contributed by atoms with Crippen molar-refractivity contribution < 1.29 is 0 Å². The van der Waals surface area contributed by atoms with Crippen LogP contribution in [-0.4, -0.2) is 16.5 Å². The molecule has 0 atom stereocenters. The van der Waals surface area contributed by atoms with Crippen molar-refractivity contribution in [2.24, 2.45) is 0 Å². The average Bonchev–Trinajstić information content (AvgIpc) is 2.39. The lowest BCUT2D eigenvalue weighted by Crippen LogP contribution is -2.20. The van der Waals surface area contributed by atoms with E-state index in [2.05, 4.69) is 21.4 Å². The summed E-state index contributed by atoms with van der Waals surface area (Å²) in [5, 5.41) is 3.88. The highest BCUT2D eigenvalue weighted by atomic mass is 16.1. The molecule has 2 rings (SSSR count). The van der Waals surface area contributed by atoms with Crippen LogP contribution in [0.25, 0.3) is 10.9 Å². The van der Waals surface area contributed by atoms with Crippen molar-refractivity contribution in [2.75, 3.05) is 6.54 Å². The number of fused-ring (bicyclic) bond motifs is 1. The van der Waals surface area contributed by atoms with Crippen LogP contribution < -0.4 is 10.9 Å². The van der Waals surface area contributed by atoms with Crippen molar-refractivity contribution >= 4 is 10.9 Å². The van der Waals surface area contributed by atoms with Gasteiger partial charge in [-0.05, 0) is 32.0 Å². The number of allylic oxidation sites excluding steroid dienone is 1. The Hall–Kier alpha value is -1.94. The summed E-state index contributed by atoms with van der Waals surface area (Å²) in [7, 11) is 0. The fraction of sp³-hybridized carbons (Fsp3) is 0.286. The van der Waals surface area contributed by atoms with Crippen molar-refractivity contribution in [1.82, 2.24) is 15.3 Å². The van der Waals surface area contributed by atoms with E-state index in [9.17, 15) is 4.79 Å². The van der Waals surface area contributed by atoms with E-state index in [0.29, 0.717) is 17.8 Å². The topological polar surface area (TPSA) is 57.8 Å². The zero-order valence-electron chi connectivity index (χ0n) is 10.4. The Balaban J connectivity index is 2.08. The van der Waals surface area contributed by atoms with Crippen LogP contribution in [0.4, 0.5) is 0 Å². The molecule has 2 N–H and O–H groups in total. The molecule has 1 heterocycles. The zero-order valence-corrected chi connectivity index (χ0v) is 10.4. The largest absolute Gasteiger partial charge is 0.310 e. The summed E-state index contributed by atoms with van der Waals surface area (Å²) in [6.45, 7) is 3.46. The van der Waals surface area contributed by atoms with E-state index in [0.717, 1.165) is 18.5 Å². The summed E-state index contributed by atoms with van der Waals surface area (Å²) in [4.78, 5) is 19.0. The summed E-state index contributed by atoms with van der Waals surface area (Å²) in [6, 6.07) is 7.37. The van der Waals surface area contributed by atoms with Crippen LogP contribution >= 0.6 is 0 Å². The van der Waals surface area contributed by atoms with Crippen LogP contribution in [-0.2, 0) is 6.54 Å². The SMILES string of the molecule is C/C=C/CCNCc1nc2ccccc2c(=O)[nH]1. The maximum absolute atomic E-state index is 11.8. The van der Waals surface area contributed by atoms with Gasteiger partial charge in [0.1, 0.15) is 5.82 Å². The smallest absolute Gasteiger partial charge is 0.258 e. The van der Waals surface area contributed by atoms with Gasteiger partial charge in [0, 0.05) is 0 Å². The van der Waals surface area contributed by atoms with E-state index in [-0.39, 0.29) is 5.56 Å². The van der Waals surface area contributed by atoms with Gasteiger partial charge < -0.3 is 10.3 Å². The number of para-hydroxylation sites is 1. The Morgan fingerprint density at radius 1 is 1.39 bits per heavy atom. The summed E-state index contributed by atoms with van der Waals surface area (Å²) in [5.74, 6) is 0.680. The molecule has 0 radical (unpaired) electrons. The predicted octanol–water partition coefficient (Wildman–Crippen LogP) is 1.98. The van der Waals surface area contributed by atoms with Gasteiger partial charge in [0.05, 0.1) is 17.4 Å². The average molecular weight is 243 g/mol.